The number of nitriles is 1. The lowest BCUT2D eigenvalue weighted by atomic mass is 10.1. The Morgan fingerprint density at radius 2 is 1.76 bits per heavy atom. The maximum Gasteiger partial charge on any atom is 0.573 e. The Labute approximate surface area is 188 Å². The molecule has 172 valence electrons. The number of hydrogen-bond acceptors (Lipinski definition) is 5. The molecule has 3 aromatic rings. The molecular formula is C23H21F3N4O3. The number of halogens is 3. The first kappa shape index (κ1) is 22.5. The first-order chi connectivity index (χ1) is 15.7. The smallest absolute Gasteiger partial charge is 0.443 e. The third-order valence-corrected chi connectivity index (χ3v) is 5.45. The molecule has 0 atom stereocenters. The van der Waals surface area contributed by atoms with Gasteiger partial charge in [0.15, 0.2) is 0 Å². The van der Waals surface area contributed by atoms with E-state index < -0.39 is 6.36 Å². The van der Waals surface area contributed by atoms with Crippen LogP contribution in [0.5, 0.6) is 5.75 Å². The summed E-state index contributed by atoms with van der Waals surface area (Å²) in [6.07, 6.45) is -1.23. The third-order valence-electron chi connectivity index (χ3n) is 5.45. The SMILES string of the molecule is Cc1oc(-n2cccc2)c(C#N)c1C(=O)N1CCN(Cc2ccc(OC(F)(F)F)cc2)CC1. The van der Waals surface area contributed by atoms with Crippen LogP contribution < -0.4 is 4.74 Å². The van der Waals surface area contributed by atoms with Gasteiger partial charge in [0.2, 0.25) is 5.88 Å². The molecule has 1 amide bonds. The van der Waals surface area contributed by atoms with E-state index in [1.165, 1.54) is 12.1 Å². The summed E-state index contributed by atoms with van der Waals surface area (Å²) in [7, 11) is 0. The molecule has 0 radical (unpaired) electrons. The Balaban J connectivity index is 1.39. The topological polar surface area (TPSA) is 74.6 Å². The lowest BCUT2D eigenvalue weighted by Gasteiger charge is -2.34. The molecule has 0 unspecified atom stereocenters. The maximum absolute atomic E-state index is 13.2. The third kappa shape index (κ3) is 5.04. The van der Waals surface area contributed by atoms with E-state index in [0.717, 1.165) is 5.56 Å². The summed E-state index contributed by atoms with van der Waals surface area (Å²) in [6.45, 7) is 4.32. The zero-order valence-electron chi connectivity index (χ0n) is 17.8. The molecule has 1 fully saturated rings. The summed E-state index contributed by atoms with van der Waals surface area (Å²) < 4.78 is 48.2. The summed E-state index contributed by atoms with van der Waals surface area (Å²) in [5.41, 5.74) is 1.32. The van der Waals surface area contributed by atoms with E-state index in [1.807, 2.05) is 0 Å². The molecule has 0 spiro atoms. The molecule has 33 heavy (non-hydrogen) atoms. The second kappa shape index (κ2) is 9.03. The van der Waals surface area contributed by atoms with E-state index in [9.17, 15) is 23.2 Å². The van der Waals surface area contributed by atoms with Crippen molar-refractivity contribution >= 4 is 5.91 Å². The molecule has 1 aliphatic rings. The van der Waals surface area contributed by atoms with Crippen molar-refractivity contribution in [2.75, 3.05) is 26.2 Å². The van der Waals surface area contributed by atoms with Crippen LogP contribution in [0.1, 0.15) is 27.2 Å². The average molecular weight is 458 g/mol. The number of benzene rings is 1. The van der Waals surface area contributed by atoms with Crippen LogP contribution in [0, 0.1) is 18.3 Å². The molecule has 0 aliphatic carbocycles. The predicted molar refractivity (Wildman–Crippen MR) is 112 cm³/mol. The number of carbonyl (C=O) groups excluding carboxylic acids is 1. The lowest BCUT2D eigenvalue weighted by molar-refractivity contribution is -0.274. The first-order valence-corrected chi connectivity index (χ1v) is 10.3. The highest BCUT2D eigenvalue weighted by atomic mass is 19.4. The van der Waals surface area contributed by atoms with Crippen LogP contribution in [-0.4, -0.2) is 52.8 Å². The van der Waals surface area contributed by atoms with Crippen molar-refractivity contribution in [2.45, 2.75) is 19.8 Å². The highest BCUT2D eigenvalue weighted by Gasteiger charge is 2.31. The highest BCUT2D eigenvalue weighted by molar-refractivity contribution is 5.98. The van der Waals surface area contributed by atoms with Gasteiger partial charge in [-0.05, 0) is 36.8 Å². The minimum absolute atomic E-state index is 0.206. The molecule has 1 aliphatic heterocycles. The molecule has 10 heteroatoms. The number of hydrogen-bond donors (Lipinski definition) is 0. The quantitative estimate of drug-likeness (QED) is 0.575. The van der Waals surface area contributed by atoms with Crippen molar-refractivity contribution in [1.82, 2.24) is 14.4 Å². The fourth-order valence-electron chi connectivity index (χ4n) is 3.86. The van der Waals surface area contributed by atoms with Gasteiger partial charge in [-0.15, -0.1) is 13.2 Å². The average Bonchev–Trinajstić information content (AvgIpc) is 3.41. The number of rotatable bonds is 5. The van der Waals surface area contributed by atoms with Crippen LogP contribution in [0.2, 0.25) is 0 Å². The Bertz CT molecular complexity index is 1150. The van der Waals surface area contributed by atoms with Crippen LogP contribution in [0.25, 0.3) is 5.88 Å². The summed E-state index contributed by atoms with van der Waals surface area (Å²) in [5, 5.41) is 9.67. The van der Waals surface area contributed by atoms with E-state index in [4.69, 9.17) is 4.42 Å². The monoisotopic (exact) mass is 458 g/mol. The van der Waals surface area contributed by atoms with Crippen molar-refractivity contribution in [3.63, 3.8) is 0 Å². The minimum Gasteiger partial charge on any atom is -0.443 e. The van der Waals surface area contributed by atoms with E-state index in [0.29, 0.717) is 44.4 Å². The van der Waals surface area contributed by atoms with Crippen molar-refractivity contribution in [1.29, 1.82) is 5.26 Å². The number of aromatic nitrogens is 1. The molecule has 0 bridgehead atoms. The number of nitrogens with zero attached hydrogens (tertiary/aromatic N) is 4. The van der Waals surface area contributed by atoms with Crippen LogP contribution in [0.15, 0.2) is 53.2 Å². The van der Waals surface area contributed by atoms with Gasteiger partial charge in [0, 0.05) is 45.1 Å². The van der Waals surface area contributed by atoms with Crippen LogP contribution >= 0.6 is 0 Å². The first-order valence-electron chi connectivity index (χ1n) is 10.3. The number of amides is 1. The maximum atomic E-state index is 13.2. The zero-order valence-corrected chi connectivity index (χ0v) is 17.8. The molecular weight excluding hydrogens is 437 g/mol. The van der Waals surface area contributed by atoms with Crippen LogP contribution in [0.4, 0.5) is 13.2 Å². The zero-order chi connectivity index (χ0) is 23.6. The van der Waals surface area contributed by atoms with Gasteiger partial charge < -0.3 is 14.1 Å². The van der Waals surface area contributed by atoms with Crippen LogP contribution in [-0.2, 0) is 6.54 Å². The normalized spacial score (nSPS) is 14.8. The Morgan fingerprint density at radius 3 is 2.33 bits per heavy atom. The number of piperazine rings is 1. The number of furan rings is 1. The molecule has 7 nitrogen and oxygen atoms in total. The van der Waals surface area contributed by atoms with Gasteiger partial charge in [-0.3, -0.25) is 14.3 Å². The standard InChI is InChI=1S/C23H21F3N4O3/c1-16-20(19(14-27)22(32-16)30-8-2-3-9-30)21(31)29-12-10-28(11-13-29)15-17-4-6-18(7-5-17)33-23(24,25)26/h2-9H,10-13,15H2,1H3. The van der Waals surface area contributed by atoms with Crippen molar-refractivity contribution in [3.8, 4) is 17.7 Å². The van der Waals surface area contributed by atoms with Gasteiger partial charge in [-0.1, -0.05) is 12.1 Å². The largest absolute Gasteiger partial charge is 0.573 e. The highest BCUT2D eigenvalue weighted by Crippen LogP contribution is 2.27. The number of ether oxygens (including phenoxy) is 1. The molecule has 2 aromatic heterocycles. The number of aryl methyl sites for hydroxylation is 1. The lowest BCUT2D eigenvalue weighted by Crippen LogP contribution is -2.48. The fraction of sp³-hybridized carbons (Fsp3) is 0.304. The fourth-order valence-corrected chi connectivity index (χ4v) is 3.86. The van der Waals surface area contributed by atoms with E-state index in [1.54, 1.807) is 53.0 Å². The molecule has 0 saturated carbocycles. The van der Waals surface area contributed by atoms with Gasteiger partial charge in [0.05, 0.1) is 0 Å². The number of alkyl halides is 3. The van der Waals surface area contributed by atoms with Crippen molar-refractivity contribution in [2.24, 2.45) is 0 Å². The second-order valence-corrected chi connectivity index (χ2v) is 7.68. The van der Waals surface area contributed by atoms with Gasteiger partial charge in [0.25, 0.3) is 5.91 Å². The van der Waals surface area contributed by atoms with Crippen LogP contribution in [0.3, 0.4) is 0 Å². The summed E-state index contributed by atoms with van der Waals surface area (Å²) >= 11 is 0. The van der Waals surface area contributed by atoms with Crippen molar-refractivity contribution in [3.05, 3.63) is 71.2 Å². The van der Waals surface area contributed by atoms with Gasteiger partial charge in [-0.25, -0.2) is 0 Å². The molecule has 4 rings (SSSR count). The van der Waals surface area contributed by atoms with E-state index >= 15 is 0 Å². The molecule has 0 N–H and O–H groups in total. The van der Waals surface area contributed by atoms with Gasteiger partial charge in [-0.2, -0.15) is 5.26 Å². The summed E-state index contributed by atoms with van der Waals surface area (Å²) in [5.74, 6) is 0.202. The molecule has 1 aromatic carbocycles. The molecule has 3 heterocycles. The van der Waals surface area contributed by atoms with E-state index in [2.05, 4.69) is 15.7 Å². The van der Waals surface area contributed by atoms with Gasteiger partial charge >= 0.3 is 6.36 Å². The predicted octanol–water partition coefficient (Wildman–Crippen LogP) is 4.11. The van der Waals surface area contributed by atoms with E-state index in [-0.39, 0.29) is 22.8 Å². The van der Waals surface area contributed by atoms with Crippen molar-refractivity contribution < 1.29 is 27.1 Å². The molecule has 1 saturated heterocycles. The van der Waals surface area contributed by atoms with Gasteiger partial charge in [0.1, 0.15) is 28.7 Å². The second-order valence-electron chi connectivity index (χ2n) is 7.68. The number of carbonyl (C=O) groups is 1. The summed E-state index contributed by atoms with van der Waals surface area (Å²) in [6, 6.07) is 11.5. The summed E-state index contributed by atoms with van der Waals surface area (Å²) in [4.78, 5) is 17.0. The Hall–Kier alpha value is -3.71. The minimum atomic E-state index is -4.72. The Morgan fingerprint density at radius 1 is 1.12 bits per heavy atom. The Kier molecular flexibility index (Phi) is 6.16.